The molecule has 0 radical (unpaired) electrons. The third-order valence-electron chi connectivity index (χ3n) is 3.16. The van der Waals surface area contributed by atoms with Crippen LogP contribution in [0.2, 0.25) is 0 Å². The van der Waals surface area contributed by atoms with E-state index < -0.39 is 11.6 Å². The van der Waals surface area contributed by atoms with Crippen LogP contribution in [-0.4, -0.2) is 14.2 Å². The molecule has 1 atom stereocenters. The van der Waals surface area contributed by atoms with E-state index in [1.54, 1.807) is 20.3 Å². The molecule has 0 aliphatic heterocycles. The molecular weight excluding hydrogens is 342 g/mol. The van der Waals surface area contributed by atoms with Gasteiger partial charge in [-0.15, -0.1) is 0 Å². The van der Waals surface area contributed by atoms with Crippen molar-refractivity contribution < 1.29 is 18.3 Å². The summed E-state index contributed by atoms with van der Waals surface area (Å²) in [5.41, 5.74) is 1.22. The number of hydrogen-bond donors (Lipinski definition) is 0. The Morgan fingerprint density at radius 3 is 2.38 bits per heavy atom. The Labute approximate surface area is 130 Å². The van der Waals surface area contributed by atoms with Crippen molar-refractivity contribution >= 4 is 15.9 Å². The molecule has 0 saturated heterocycles. The largest absolute Gasteiger partial charge is 0.493 e. The fraction of sp³-hybridized carbons (Fsp3) is 0.250. The Kier molecular flexibility index (Phi) is 5.17. The molecule has 0 spiro atoms. The topological polar surface area (TPSA) is 18.5 Å². The Bertz CT molecular complexity index is 632. The maximum absolute atomic E-state index is 13.7. The van der Waals surface area contributed by atoms with E-state index >= 15 is 0 Å². The SMILES string of the molecule is COc1ccc(CC(Br)c2cc(F)ccc2F)cc1OC. The fourth-order valence-corrected chi connectivity index (χ4v) is 2.80. The lowest BCUT2D eigenvalue weighted by Gasteiger charge is -2.14. The maximum Gasteiger partial charge on any atom is 0.160 e. The van der Waals surface area contributed by atoms with E-state index in [0.717, 1.165) is 17.7 Å². The summed E-state index contributed by atoms with van der Waals surface area (Å²) >= 11 is 3.41. The first-order valence-corrected chi connectivity index (χ1v) is 7.26. The number of alkyl halides is 1. The van der Waals surface area contributed by atoms with E-state index in [1.165, 1.54) is 6.07 Å². The minimum absolute atomic E-state index is 0.296. The van der Waals surface area contributed by atoms with Crippen molar-refractivity contribution in [2.75, 3.05) is 14.2 Å². The van der Waals surface area contributed by atoms with Gasteiger partial charge in [0.05, 0.1) is 14.2 Å². The Hall–Kier alpha value is -1.62. The lowest BCUT2D eigenvalue weighted by Crippen LogP contribution is -2.00. The zero-order valence-corrected chi connectivity index (χ0v) is 13.3. The van der Waals surface area contributed by atoms with Gasteiger partial charge in [-0.05, 0) is 42.3 Å². The zero-order valence-electron chi connectivity index (χ0n) is 11.7. The first kappa shape index (κ1) is 15.8. The molecular formula is C16H15BrF2O2. The molecule has 0 saturated carbocycles. The monoisotopic (exact) mass is 356 g/mol. The van der Waals surface area contributed by atoms with Crippen molar-refractivity contribution in [3.05, 3.63) is 59.2 Å². The second-order valence-electron chi connectivity index (χ2n) is 4.53. The number of halogens is 3. The van der Waals surface area contributed by atoms with E-state index in [-0.39, 0.29) is 4.83 Å². The van der Waals surface area contributed by atoms with Gasteiger partial charge in [0.1, 0.15) is 11.6 Å². The molecule has 5 heteroatoms. The molecule has 112 valence electrons. The maximum atomic E-state index is 13.7. The predicted molar refractivity (Wildman–Crippen MR) is 81.3 cm³/mol. The smallest absolute Gasteiger partial charge is 0.160 e. The van der Waals surface area contributed by atoms with Crippen molar-refractivity contribution in [1.82, 2.24) is 0 Å². The van der Waals surface area contributed by atoms with Gasteiger partial charge in [-0.1, -0.05) is 22.0 Å². The van der Waals surface area contributed by atoms with E-state index in [1.807, 2.05) is 12.1 Å². The normalized spacial score (nSPS) is 12.0. The zero-order chi connectivity index (χ0) is 15.4. The summed E-state index contributed by atoms with van der Waals surface area (Å²) in [6.45, 7) is 0. The van der Waals surface area contributed by atoms with Gasteiger partial charge in [0, 0.05) is 10.4 Å². The van der Waals surface area contributed by atoms with Gasteiger partial charge in [0.2, 0.25) is 0 Å². The predicted octanol–water partition coefficient (Wildman–Crippen LogP) is 4.66. The minimum atomic E-state index is -0.455. The van der Waals surface area contributed by atoms with Gasteiger partial charge in [-0.2, -0.15) is 0 Å². The van der Waals surface area contributed by atoms with Crippen LogP contribution < -0.4 is 9.47 Å². The van der Waals surface area contributed by atoms with Gasteiger partial charge >= 0.3 is 0 Å². The van der Waals surface area contributed by atoms with E-state index in [0.29, 0.717) is 23.5 Å². The van der Waals surface area contributed by atoms with Crippen LogP contribution in [0.5, 0.6) is 11.5 Å². The van der Waals surface area contributed by atoms with Crippen LogP contribution in [0, 0.1) is 11.6 Å². The fourth-order valence-electron chi connectivity index (χ4n) is 2.08. The molecule has 2 nitrogen and oxygen atoms in total. The van der Waals surface area contributed by atoms with Crippen LogP contribution in [-0.2, 0) is 6.42 Å². The van der Waals surface area contributed by atoms with Gasteiger partial charge in [-0.3, -0.25) is 0 Å². The highest BCUT2D eigenvalue weighted by Crippen LogP contribution is 2.33. The average molecular weight is 357 g/mol. The molecule has 0 aliphatic rings. The number of methoxy groups -OCH3 is 2. The molecule has 0 amide bonds. The third kappa shape index (κ3) is 3.73. The molecule has 2 aromatic rings. The highest BCUT2D eigenvalue weighted by Gasteiger charge is 2.15. The molecule has 0 N–H and O–H groups in total. The van der Waals surface area contributed by atoms with Crippen LogP contribution in [0.15, 0.2) is 36.4 Å². The Morgan fingerprint density at radius 2 is 1.71 bits per heavy atom. The van der Waals surface area contributed by atoms with Crippen molar-refractivity contribution in [2.24, 2.45) is 0 Å². The van der Waals surface area contributed by atoms with Crippen LogP contribution in [0.1, 0.15) is 16.0 Å². The molecule has 1 unspecified atom stereocenters. The van der Waals surface area contributed by atoms with Crippen LogP contribution >= 0.6 is 15.9 Å². The summed E-state index contributed by atoms with van der Waals surface area (Å²) in [6, 6.07) is 8.92. The third-order valence-corrected chi connectivity index (χ3v) is 3.98. The van der Waals surface area contributed by atoms with E-state index in [9.17, 15) is 8.78 Å². The van der Waals surface area contributed by atoms with Gasteiger partial charge in [0.15, 0.2) is 11.5 Å². The summed E-state index contributed by atoms with van der Waals surface area (Å²) in [5, 5.41) is 0. The Morgan fingerprint density at radius 1 is 1.00 bits per heavy atom. The van der Waals surface area contributed by atoms with Crippen molar-refractivity contribution in [3.8, 4) is 11.5 Å². The molecule has 2 rings (SSSR count). The molecule has 2 aromatic carbocycles. The number of hydrogen-bond acceptors (Lipinski definition) is 2. The van der Waals surface area contributed by atoms with Crippen molar-refractivity contribution in [1.29, 1.82) is 0 Å². The van der Waals surface area contributed by atoms with Gasteiger partial charge in [0.25, 0.3) is 0 Å². The second kappa shape index (κ2) is 6.89. The van der Waals surface area contributed by atoms with Crippen LogP contribution in [0.4, 0.5) is 8.78 Å². The first-order valence-electron chi connectivity index (χ1n) is 6.35. The average Bonchev–Trinajstić information content (AvgIpc) is 2.49. The number of ether oxygens (including phenoxy) is 2. The Balaban J connectivity index is 2.23. The second-order valence-corrected chi connectivity index (χ2v) is 5.63. The molecule has 0 heterocycles. The quantitative estimate of drug-likeness (QED) is 0.725. The lowest BCUT2D eigenvalue weighted by atomic mass is 10.0. The first-order chi connectivity index (χ1) is 10.0. The summed E-state index contributed by atoms with van der Waals surface area (Å²) in [4.78, 5) is -0.327. The minimum Gasteiger partial charge on any atom is -0.493 e. The summed E-state index contributed by atoms with van der Waals surface area (Å²) in [6.07, 6.45) is 0.501. The van der Waals surface area contributed by atoms with E-state index in [4.69, 9.17) is 9.47 Å². The summed E-state index contributed by atoms with van der Waals surface area (Å²) in [5.74, 6) is 0.348. The molecule has 21 heavy (non-hydrogen) atoms. The van der Waals surface area contributed by atoms with E-state index in [2.05, 4.69) is 15.9 Å². The van der Waals surface area contributed by atoms with Crippen molar-refractivity contribution in [3.63, 3.8) is 0 Å². The molecule has 0 fully saturated rings. The highest BCUT2D eigenvalue weighted by molar-refractivity contribution is 9.09. The van der Waals surface area contributed by atoms with Gasteiger partial charge in [-0.25, -0.2) is 8.78 Å². The van der Waals surface area contributed by atoms with Crippen LogP contribution in [0.3, 0.4) is 0 Å². The molecule has 0 aromatic heterocycles. The van der Waals surface area contributed by atoms with Crippen LogP contribution in [0.25, 0.3) is 0 Å². The standard InChI is InChI=1S/C16H15BrF2O2/c1-20-15-6-3-10(8-16(15)21-2)7-13(17)12-9-11(18)4-5-14(12)19/h3-6,8-9,13H,7H2,1-2H3. The summed E-state index contributed by atoms with van der Waals surface area (Å²) in [7, 11) is 3.12. The molecule has 0 aliphatic carbocycles. The number of benzene rings is 2. The van der Waals surface area contributed by atoms with Gasteiger partial charge < -0.3 is 9.47 Å². The number of rotatable bonds is 5. The van der Waals surface area contributed by atoms with Crippen molar-refractivity contribution in [2.45, 2.75) is 11.2 Å². The highest BCUT2D eigenvalue weighted by atomic mass is 79.9. The molecule has 0 bridgehead atoms. The lowest BCUT2D eigenvalue weighted by molar-refractivity contribution is 0.354. The summed E-state index contributed by atoms with van der Waals surface area (Å²) < 4.78 is 37.4.